The second-order valence-electron chi connectivity index (χ2n) is 7.91. The van der Waals surface area contributed by atoms with Crippen molar-refractivity contribution in [1.82, 2.24) is 0 Å². The molecule has 5 fully saturated rings. The minimum absolute atomic E-state index is 1.14. The van der Waals surface area contributed by atoms with Crippen LogP contribution in [0.1, 0.15) is 70.6 Å². The maximum atomic E-state index is 1.63. The van der Waals surface area contributed by atoms with Crippen molar-refractivity contribution >= 4 is 0 Å². The quantitative estimate of drug-likeness (QED) is 0.595. The molecule has 0 radical (unpaired) electrons. The van der Waals surface area contributed by atoms with Crippen molar-refractivity contribution < 1.29 is 0 Å². The molecule has 5 saturated carbocycles. The lowest BCUT2D eigenvalue weighted by atomic mass is 9.63. The third kappa shape index (κ3) is 2.06. The Balaban J connectivity index is 1.43. The lowest BCUT2D eigenvalue weighted by Gasteiger charge is -2.42. The lowest BCUT2D eigenvalue weighted by molar-refractivity contribution is 0.0879. The molecule has 96 valence electrons. The largest absolute Gasteiger partial charge is 0.0528 e. The molecule has 5 rings (SSSR count). The molecule has 5 aliphatic rings. The Morgan fingerprint density at radius 1 is 0.412 bits per heavy atom. The molecule has 0 heterocycles. The third-order valence-corrected chi connectivity index (χ3v) is 6.75. The van der Waals surface area contributed by atoms with Crippen molar-refractivity contribution in [1.29, 1.82) is 0 Å². The second-order valence-corrected chi connectivity index (χ2v) is 7.91. The van der Waals surface area contributed by atoms with Gasteiger partial charge in [-0.3, -0.25) is 0 Å². The Morgan fingerprint density at radius 3 is 1.76 bits per heavy atom. The highest BCUT2D eigenvalue weighted by Gasteiger charge is 2.40. The molecule has 0 aromatic rings. The van der Waals surface area contributed by atoms with E-state index >= 15 is 0 Å². The van der Waals surface area contributed by atoms with Crippen LogP contribution in [-0.4, -0.2) is 0 Å². The smallest absolute Gasteiger partial charge is 0.0380 e. The summed E-state index contributed by atoms with van der Waals surface area (Å²) >= 11 is 0. The summed E-state index contributed by atoms with van der Waals surface area (Å²) in [6.07, 6.45) is 17.6. The van der Waals surface area contributed by atoms with Gasteiger partial charge in [0.15, 0.2) is 0 Å². The number of fused-ring (bicyclic) bond motifs is 5. The van der Waals surface area contributed by atoms with E-state index in [1.807, 2.05) is 0 Å². The summed E-state index contributed by atoms with van der Waals surface area (Å²) in [6, 6.07) is 0. The molecule has 5 aliphatic carbocycles. The van der Waals surface area contributed by atoms with Gasteiger partial charge in [-0.2, -0.15) is 0 Å². The molecule has 0 spiro atoms. The number of hydrogen-bond donors (Lipinski definition) is 0. The van der Waals surface area contributed by atoms with E-state index in [1.54, 1.807) is 70.6 Å². The zero-order valence-electron chi connectivity index (χ0n) is 11.2. The van der Waals surface area contributed by atoms with E-state index in [0.29, 0.717) is 0 Å². The Hall–Kier alpha value is 0. The molecule has 0 N–H and O–H groups in total. The number of hydrogen-bond acceptors (Lipinski definition) is 0. The Kier molecular flexibility index (Phi) is 2.74. The maximum Gasteiger partial charge on any atom is -0.0380 e. The molecule has 0 aromatic heterocycles. The predicted molar refractivity (Wildman–Crippen MR) is 71.7 cm³/mol. The zero-order chi connectivity index (χ0) is 11.2. The fourth-order valence-corrected chi connectivity index (χ4v) is 5.89. The van der Waals surface area contributed by atoms with Crippen molar-refractivity contribution in [2.24, 2.45) is 35.5 Å². The second kappa shape index (κ2) is 4.28. The van der Waals surface area contributed by atoms with Crippen molar-refractivity contribution in [2.75, 3.05) is 0 Å². The fraction of sp³-hybridized carbons (Fsp3) is 1.00. The first kappa shape index (κ1) is 10.9. The predicted octanol–water partition coefficient (Wildman–Crippen LogP) is 5.03. The molecule has 0 aromatic carbocycles. The summed E-state index contributed by atoms with van der Waals surface area (Å²) in [5.74, 6) is 6.91. The first-order chi connectivity index (χ1) is 8.37. The van der Waals surface area contributed by atoms with Crippen molar-refractivity contribution in [3.05, 3.63) is 0 Å². The van der Waals surface area contributed by atoms with E-state index in [2.05, 4.69) is 0 Å². The monoisotopic (exact) mass is 232 g/mol. The van der Waals surface area contributed by atoms with Gasteiger partial charge in [0.05, 0.1) is 0 Å². The summed E-state index contributed by atoms with van der Waals surface area (Å²) in [6.45, 7) is 0. The molecule has 3 unspecified atom stereocenters. The highest BCUT2D eigenvalue weighted by atomic mass is 14.5. The van der Waals surface area contributed by atoms with E-state index in [0.717, 1.165) is 35.5 Å². The standard InChI is InChI=1S/C17H28/c1-2-12-6-13(3-1)10-17(9-12)16-5-4-14-7-15(8-14)11-16/h12-17H,1-11H2. The zero-order valence-corrected chi connectivity index (χ0v) is 11.2. The highest BCUT2D eigenvalue weighted by Crippen LogP contribution is 2.52. The summed E-state index contributed by atoms with van der Waals surface area (Å²) < 4.78 is 0. The fourth-order valence-electron chi connectivity index (χ4n) is 5.89. The van der Waals surface area contributed by atoms with Gasteiger partial charge >= 0.3 is 0 Å². The van der Waals surface area contributed by atoms with Crippen LogP contribution in [0.5, 0.6) is 0 Å². The van der Waals surface area contributed by atoms with Gasteiger partial charge in [-0.05, 0) is 80.5 Å². The van der Waals surface area contributed by atoms with Crippen molar-refractivity contribution in [2.45, 2.75) is 70.6 Å². The normalized spacial score (nSPS) is 53.6. The first-order valence-corrected chi connectivity index (χ1v) is 8.37. The average molecular weight is 232 g/mol. The van der Waals surface area contributed by atoms with E-state index in [-0.39, 0.29) is 0 Å². The molecule has 0 aliphatic heterocycles. The molecular formula is C17H28. The Bertz CT molecular complexity index is 264. The van der Waals surface area contributed by atoms with Crippen LogP contribution in [0.3, 0.4) is 0 Å². The van der Waals surface area contributed by atoms with Crippen LogP contribution in [-0.2, 0) is 0 Å². The summed E-state index contributed by atoms with van der Waals surface area (Å²) in [4.78, 5) is 0. The van der Waals surface area contributed by atoms with Crippen LogP contribution >= 0.6 is 0 Å². The number of rotatable bonds is 1. The molecule has 0 saturated heterocycles. The highest BCUT2D eigenvalue weighted by molar-refractivity contribution is 4.91. The first-order valence-electron chi connectivity index (χ1n) is 8.37. The van der Waals surface area contributed by atoms with Gasteiger partial charge in [0.25, 0.3) is 0 Å². The molecule has 0 amide bonds. The topological polar surface area (TPSA) is 0 Å². The van der Waals surface area contributed by atoms with Gasteiger partial charge in [0.2, 0.25) is 0 Å². The van der Waals surface area contributed by atoms with Crippen molar-refractivity contribution in [3.8, 4) is 0 Å². The molecule has 3 atom stereocenters. The van der Waals surface area contributed by atoms with Gasteiger partial charge in [-0.25, -0.2) is 0 Å². The molecular weight excluding hydrogens is 204 g/mol. The summed E-state index contributed by atoms with van der Waals surface area (Å²) in [7, 11) is 0. The molecule has 0 heteroatoms. The minimum atomic E-state index is 1.14. The van der Waals surface area contributed by atoms with Crippen LogP contribution in [0, 0.1) is 35.5 Å². The van der Waals surface area contributed by atoms with Crippen LogP contribution in [0.15, 0.2) is 0 Å². The average Bonchev–Trinajstić information content (AvgIpc) is 2.60. The Morgan fingerprint density at radius 2 is 1.00 bits per heavy atom. The van der Waals surface area contributed by atoms with E-state index < -0.39 is 0 Å². The summed E-state index contributed by atoms with van der Waals surface area (Å²) in [5, 5.41) is 0. The minimum Gasteiger partial charge on any atom is -0.0528 e. The van der Waals surface area contributed by atoms with Gasteiger partial charge in [0.1, 0.15) is 0 Å². The van der Waals surface area contributed by atoms with Crippen molar-refractivity contribution in [3.63, 3.8) is 0 Å². The summed E-state index contributed by atoms with van der Waals surface area (Å²) in [5.41, 5.74) is 0. The van der Waals surface area contributed by atoms with Crippen LogP contribution in [0.4, 0.5) is 0 Å². The molecule has 4 bridgehead atoms. The van der Waals surface area contributed by atoms with Crippen LogP contribution in [0.2, 0.25) is 0 Å². The van der Waals surface area contributed by atoms with Crippen LogP contribution < -0.4 is 0 Å². The Labute approximate surface area is 107 Å². The van der Waals surface area contributed by atoms with E-state index in [4.69, 9.17) is 0 Å². The maximum absolute atomic E-state index is 1.63. The molecule has 17 heavy (non-hydrogen) atoms. The van der Waals surface area contributed by atoms with Gasteiger partial charge in [-0.1, -0.05) is 25.7 Å². The lowest BCUT2D eigenvalue weighted by Crippen LogP contribution is -2.31. The third-order valence-electron chi connectivity index (χ3n) is 6.75. The van der Waals surface area contributed by atoms with E-state index in [9.17, 15) is 0 Å². The van der Waals surface area contributed by atoms with Gasteiger partial charge in [-0.15, -0.1) is 0 Å². The van der Waals surface area contributed by atoms with Crippen LogP contribution in [0.25, 0.3) is 0 Å². The SMILES string of the molecule is C1CC2CC(C1)CC(C1CCC3CC(C3)C1)C2. The van der Waals surface area contributed by atoms with Gasteiger partial charge in [0, 0.05) is 0 Å². The van der Waals surface area contributed by atoms with Gasteiger partial charge < -0.3 is 0 Å². The molecule has 0 nitrogen and oxygen atoms in total. The van der Waals surface area contributed by atoms with E-state index in [1.165, 1.54) is 0 Å².